The van der Waals surface area contributed by atoms with Crippen LogP contribution in [-0.4, -0.2) is 92.1 Å². The minimum atomic E-state index is -1.50. The molecule has 0 radical (unpaired) electrons. The zero-order valence-corrected chi connectivity index (χ0v) is 30.1. The maximum Gasteiger partial charge on any atom is 0.213 e. The van der Waals surface area contributed by atoms with E-state index in [-0.39, 0.29) is 12.3 Å². The van der Waals surface area contributed by atoms with E-state index in [1.807, 2.05) is 56.5 Å². The zero-order valence-electron chi connectivity index (χ0n) is 28.6. The van der Waals surface area contributed by atoms with Crippen LogP contribution in [0.15, 0.2) is 58.2 Å². The van der Waals surface area contributed by atoms with Gasteiger partial charge >= 0.3 is 0 Å². The molecule has 1 aromatic carbocycles. The molecule has 47 heavy (non-hydrogen) atoms. The number of nitrogen functional groups attached to an aromatic ring is 1. The van der Waals surface area contributed by atoms with Crippen LogP contribution in [0.25, 0.3) is 11.2 Å². The molecule has 0 unspecified atom stereocenters. The van der Waals surface area contributed by atoms with Crippen molar-refractivity contribution in [2.45, 2.75) is 78.9 Å². The summed E-state index contributed by atoms with van der Waals surface area (Å²) in [5, 5.41) is 19.5. The molecule has 1 saturated heterocycles. The van der Waals surface area contributed by atoms with Crippen molar-refractivity contribution < 1.29 is 24.5 Å². The molecule has 0 bridgehead atoms. The number of aliphatic hydroxyl groups is 2. The summed E-state index contributed by atoms with van der Waals surface area (Å²) in [6.07, 6.45) is 8.13. The fourth-order valence-electron chi connectivity index (χ4n) is 4.16. The predicted octanol–water partition coefficient (Wildman–Crippen LogP) is 4.00. The molecule has 3 heterocycles. The molecule has 0 spiro atoms. The summed E-state index contributed by atoms with van der Waals surface area (Å²) in [7, 11) is 1.62. The smallest absolute Gasteiger partial charge is 0.213 e. The number of imidazole rings is 1. The van der Waals surface area contributed by atoms with Crippen LogP contribution in [0, 0.1) is 0 Å². The number of ether oxygens (including phenoxy) is 2. The van der Waals surface area contributed by atoms with Gasteiger partial charge in [0, 0.05) is 29.8 Å². The van der Waals surface area contributed by atoms with Gasteiger partial charge in [-0.25, -0.2) is 15.0 Å². The SMILES string of the molecule is CC.CC.CC(C)(O)O.CN=C(N)/C(=C\N(C=O)CCOc1ccc(Br)cc1)CNCC[C@@H]1CC[C@H](n2cnc3c(N)ncnc32)O1. The number of amides is 1. The molecule has 4 rings (SSSR count). The Hall–Kier alpha value is -3.63. The maximum atomic E-state index is 11.7. The van der Waals surface area contributed by atoms with Crippen molar-refractivity contribution in [3.05, 3.63) is 53.2 Å². The lowest BCUT2D eigenvalue weighted by Crippen LogP contribution is -2.31. The van der Waals surface area contributed by atoms with Crippen molar-refractivity contribution in [1.82, 2.24) is 29.7 Å². The number of halogens is 1. The molecule has 1 fully saturated rings. The first-order valence-corrected chi connectivity index (χ1v) is 16.5. The van der Waals surface area contributed by atoms with Gasteiger partial charge in [-0.05, 0) is 63.9 Å². The summed E-state index contributed by atoms with van der Waals surface area (Å²) < 4.78 is 14.9. The molecule has 0 aliphatic carbocycles. The first-order valence-electron chi connectivity index (χ1n) is 15.7. The third kappa shape index (κ3) is 15.2. The summed E-state index contributed by atoms with van der Waals surface area (Å²) in [4.78, 5) is 29.9. The van der Waals surface area contributed by atoms with Crippen molar-refractivity contribution in [3.8, 4) is 5.75 Å². The Bertz CT molecular complexity index is 1370. The first kappa shape index (κ1) is 41.4. The van der Waals surface area contributed by atoms with E-state index in [1.165, 1.54) is 25.1 Å². The van der Waals surface area contributed by atoms with E-state index in [9.17, 15) is 4.79 Å². The van der Waals surface area contributed by atoms with Gasteiger partial charge in [-0.2, -0.15) is 0 Å². The number of anilines is 1. The van der Waals surface area contributed by atoms with Crippen LogP contribution in [0.2, 0.25) is 0 Å². The number of amidine groups is 1. The van der Waals surface area contributed by atoms with Crippen molar-refractivity contribution in [3.63, 3.8) is 0 Å². The van der Waals surface area contributed by atoms with E-state index in [1.54, 1.807) is 19.6 Å². The molecular formula is C32H52BrN9O5. The van der Waals surface area contributed by atoms with E-state index in [0.29, 0.717) is 49.1 Å². The maximum absolute atomic E-state index is 11.7. The Labute approximate surface area is 286 Å². The number of fused-ring (bicyclic) bond motifs is 1. The van der Waals surface area contributed by atoms with E-state index in [2.05, 4.69) is 41.2 Å². The topological polar surface area (TPSA) is 199 Å². The van der Waals surface area contributed by atoms with Crippen LogP contribution in [0.1, 0.15) is 67.0 Å². The highest BCUT2D eigenvalue weighted by atomic mass is 79.9. The number of carbonyl (C=O) groups excluding carboxylic acids is 1. The van der Waals surface area contributed by atoms with Gasteiger partial charge in [-0.1, -0.05) is 43.6 Å². The Kier molecular flexibility index (Phi) is 19.4. The van der Waals surface area contributed by atoms with Gasteiger partial charge in [0.15, 0.2) is 17.3 Å². The Morgan fingerprint density at radius 1 is 1.19 bits per heavy atom. The summed E-state index contributed by atoms with van der Waals surface area (Å²) in [6.45, 7) is 12.5. The number of rotatable bonds is 13. The van der Waals surface area contributed by atoms with Gasteiger partial charge in [0.1, 0.15) is 36.3 Å². The van der Waals surface area contributed by atoms with Crippen LogP contribution in [-0.2, 0) is 9.53 Å². The number of nitrogens with zero attached hydrogens (tertiary/aromatic N) is 6. The van der Waals surface area contributed by atoms with Crippen LogP contribution in [0.5, 0.6) is 5.75 Å². The van der Waals surface area contributed by atoms with Crippen LogP contribution in [0.4, 0.5) is 5.82 Å². The van der Waals surface area contributed by atoms with Crippen LogP contribution >= 0.6 is 15.9 Å². The number of carbonyl (C=O) groups is 1. The van der Waals surface area contributed by atoms with Gasteiger partial charge in [0.05, 0.1) is 19.0 Å². The minimum absolute atomic E-state index is 0.0935. The van der Waals surface area contributed by atoms with Gasteiger partial charge in [-0.3, -0.25) is 14.4 Å². The molecule has 1 aliphatic rings. The highest BCUT2D eigenvalue weighted by Gasteiger charge is 2.28. The second-order valence-electron chi connectivity index (χ2n) is 10.2. The average Bonchev–Trinajstić information content (AvgIpc) is 3.71. The molecule has 7 N–H and O–H groups in total. The minimum Gasteiger partial charge on any atom is -0.492 e. The van der Waals surface area contributed by atoms with Gasteiger partial charge in [0.2, 0.25) is 6.41 Å². The molecule has 262 valence electrons. The number of hydrogen-bond donors (Lipinski definition) is 5. The van der Waals surface area contributed by atoms with Gasteiger partial charge < -0.3 is 41.4 Å². The lowest BCUT2D eigenvalue weighted by atomic mass is 10.1. The molecule has 2 atom stereocenters. The number of aromatic nitrogens is 4. The molecule has 14 nitrogen and oxygen atoms in total. The number of nitrogens with one attached hydrogen (secondary N) is 1. The molecular weight excluding hydrogens is 670 g/mol. The average molecular weight is 723 g/mol. The fraction of sp³-hybridized carbons (Fsp3) is 0.531. The number of benzene rings is 1. The Morgan fingerprint density at radius 2 is 1.85 bits per heavy atom. The molecule has 0 saturated carbocycles. The zero-order chi connectivity index (χ0) is 35.4. The summed E-state index contributed by atoms with van der Waals surface area (Å²) in [5.41, 5.74) is 14.0. The molecule has 1 amide bonds. The lowest BCUT2D eigenvalue weighted by molar-refractivity contribution is -0.127. The Morgan fingerprint density at radius 3 is 2.47 bits per heavy atom. The highest BCUT2D eigenvalue weighted by Crippen LogP contribution is 2.32. The fourth-order valence-corrected chi connectivity index (χ4v) is 4.43. The molecule has 1 aliphatic heterocycles. The number of aliphatic imine (C=N–C) groups is 1. The summed E-state index contributed by atoms with van der Waals surface area (Å²) in [6, 6.07) is 7.52. The van der Waals surface area contributed by atoms with Crippen molar-refractivity contribution >= 4 is 45.2 Å². The quantitative estimate of drug-likeness (QED) is 0.0562. The highest BCUT2D eigenvalue weighted by molar-refractivity contribution is 9.10. The number of nitrogens with two attached hydrogens (primary N) is 2. The van der Waals surface area contributed by atoms with Crippen molar-refractivity contribution in [2.75, 3.05) is 39.0 Å². The molecule has 3 aromatic rings. The summed E-state index contributed by atoms with van der Waals surface area (Å²) >= 11 is 3.40. The Balaban J connectivity index is 0.00000110. The van der Waals surface area contributed by atoms with E-state index < -0.39 is 5.79 Å². The largest absolute Gasteiger partial charge is 0.492 e. The standard InChI is InChI=1S/C25H32BrN9O3.C3H8O2.2C2H6/c1-29-23(27)17(13-34(16-36)10-11-37-19-4-2-18(26)3-5-19)12-30-9-8-20-6-7-21(38-20)35-15-33-22-24(28)31-14-32-25(22)35;1-3(2,4)5;2*1-2/h2-5,13-16,20-21,30H,6-12H2,1H3,(H2,27,29)(H2,28,31,32);4-5H,1-2H3;2*1-2H3/b17-13-;;;/t20-,21+;;;/m0.../s1. The van der Waals surface area contributed by atoms with Crippen LogP contribution in [0.3, 0.4) is 0 Å². The first-order chi connectivity index (χ1) is 22.5. The van der Waals surface area contributed by atoms with Crippen molar-refractivity contribution in [1.29, 1.82) is 0 Å². The van der Waals surface area contributed by atoms with E-state index in [4.69, 9.17) is 31.2 Å². The van der Waals surface area contributed by atoms with E-state index >= 15 is 0 Å². The van der Waals surface area contributed by atoms with E-state index in [0.717, 1.165) is 41.5 Å². The van der Waals surface area contributed by atoms with Gasteiger partial charge in [-0.15, -0.1) is 0 Å². The monoisotopic (exact) mass is 721 g/mol. The third-order valence-electron chi connectivity index (χ3n) is 6.20. The third-order valence-corrected chi connectivity index (χ3v) is 6.73. The second-order valence-corrected chi connectivity index (χ2v) is 11.2. The predicted molar refractivity (Wildman–Crippen MR) is 190 cm³/mol. The lowest BCUT2D eigenvalue weighted by Gasteiger charge is -2.17. The van der Waals surface area contributed by atoms with Crippen molar-refractivity contribution in [2.24, 2.45) is 10.7 Å². The van der Waals surface area contributed by atoms with Crippen LogP contribution < -0.4 is 21.5 Å². The molecule has 2 aromatic heterocycles. The molecule has 15 heteroatoms. The second kappa shape index (κ2) is 22.0. The van der Waals surface area contributed by atoms with Gasteiger partial charge in [0.25, 0.3) is 0 Å². The summed E-state index contributed by atoms with van der Waals surface area (Å²) in [5.74, 6) is -0.0466. The normalized spacial score (nSPS) is 16.2. The number of hydrogen-bond acceptors (Lipinski definition) is 11.